The van der Waals surface area contributed by atoms with Crippen molar-refractivity contribution in [2.75, 3.05) is 0 Å². The molecule has 0 aromatic heterocycles. The standard InChI is InChI=1S/C8H10O2S2/c1-3-5-4(2)6(9)8-11-7(5)12(8)10/h3-4,7-8H,1-2H3/b5-3-/t4?,7-,8+,12-/m0/s1. The number of ketones is 1. The lowest BCUT2D eigenvalue weighted by Crippen LogP contribution is -2.51. The van der Waals surface area contributed by atoms with Gasteiger partial charge in [0.25, 0.3) is 0 Å². The highest BCUT2D eigenvalue weighted by Gasteiger charge is 2.53. The van der Waals surface area contributed by atoms with Crippen molar-refractivity contribution in [1.82, 2.24) is 0 Å². The molecule has 2 nitrogen and oxygen atoms in total. The van der Waals surface area contributed by atoms with Gasteiger partial charge in [0.15, 0.2) is 5.78 Å². The molecule has 0 aromatic rings. The van der Waals surface area contributed by atoms with E-state index in [1.807, 2.05) is 19.9 Å². The van der Waals surface area contributed by atoms with Gasteiger partial charge < -0.3 is 0 Å². The number of thioether (sulfide) groups is 1. The highest BCUT2D eigenvalue weighted by atomic mass is 32.3. The predicted molar refractivity (Wildman–Crippen MR) is 51.2 cm³/mol. The Kier molecular flexibility index (Phi) is 1.92. The van der Waals surface area contributed by atoms with Gasteiger partial charge in [-0.25, -0.2) is 0 Å². The summed E-state index contributed by atoms with van der Waals surface area (Å²) in [5.74, 6) is 0.151. The fourth-order valence-electron chi connectivity index (χ4n) is 1.63. The van der Waals surface area contributed by atoms with Gasteiger partial charge in [0.05, 0.1) is 10.8 Å². The van der Waals surface area contributed by atoms with Crippen molar-refractivity contribution in [3.8, 4) is 0 Å². The summed E-state index contributed by atoms with van der Waals surface area (Å²) in [6, 6.07) is 0. The lowest BCUT2D eigenvalue weighted by Gasteiger charge is -2.42. The van der Waals surface area contributed by atoms with E-state index in [1.54, 1.807) is 11.8 Å². The Morgan fingerprint density at radius 1 is 1.50 bits per heavy atom. The summed E-state index contributed by atoms with van der Waals surface area (Å²) >= 11 is 1.55. The molecule has 0 radical (unpaired) electrons. The third-order valence-corrected chi connectivity index (χ3v) is 6.59. The van der Waals surface area contributed by atoms with E-state index in [4.69, 9.17) is 0 Å². The van der Waals surface area contributed by atoms with E-state index < -0.39 is 10.8 Å². The molecule has 3 fully saturated rings. The van der Waals surface area contributed by atoms with Crippen molar-refractivity contribution in [2.24, 2.45) is 5.92 Å². The molecule has 0 spiro atoms. The van der Waals surface area contributed by atoms with E-state index in [9.17, 15) is 9.00 Å². The first-order valence-corrected chi connectivity index (χ1v) is 6.13. The lowest BCUT2D eigenvalue weighted by atomic mass is 9.97. The van der Waals surface area contributed by atoms with Crippen molar-refractivity contribution < 1.29 is 9.00 Å². The highest BCUT2D eigenvalue weighted by Crippen LogP contribution is 2.50. The number of rotatable bonds is 0. The number of carbonyl (C=O) groups is 1. The van der Waals surface area contributed by atoms with Gasteiger partial charge in [-0.1, -0.05) is 13.0 Å². The number of carbonyl (C=O) groups excluding carboxylic acids is 1. The molecule has 4 atom stereocenters. The van der Waals surface area contributed by atoms with E-state index in [2.05, 4.69) is 0 Å². The maximum atomic E-state index is 11.5. The maximum Gasteiger partial charge on any atom is 0.165 e. The molecule has 2 bridgehead atoms. The van der Waals surface area contributed by atoms with Gasteiger partial charge in [-0.05, 0) is 12.5 Å². The molecule has 3 aliphatic rings. The van der Waals surface area contributed by atoms with Crippen molar-refractivity contribution in [3.63, 3.8) is 0 Å². The van der Waals surface area contributed by atoms with Crippen LogP contribution in [-0.4, -0.2) is 19.2 Å². The summed E-state index contributed by atoms with van der Waals surface area (Å²) in [6.07, 6.45) is 1.94. The first-order valence-electron chi connectivity index (χ1n) is 3.91. The minimum atomic E-state index is -0.923. The molecule has 4 heteroatoms. The molecule has 1 unspecified atom stereocenters. The van der Waals surface area contributed by atoms with Gasteiger partial charge in [-0.15, -0.1) is 11.8 Å². The van der Waals surface area contributed by atoms with Crippen LogP contribution in [0.1, 0.15) is 13.8 Å². The fourth-order valence-corrected chi connectivity index (χ4v) is 5.34. The Morgan fingerprint density at radius 3 is 2.67 bits per heavy atom. The number of Topliss-reactive ketones (excluding diaryl/α,β-unsaturated/α-hetero) is 1. The van der Waals surface area contributed by atoms with Gasteiger partial charge >= 0.3 is 0 Å². The summed E-state index contributed by atoms with van der Waals surface area (Å²) in [7, 11) is -0.923. The van der Waals surface area contributed by atoms with Crippen LogP contribution < -0.4 is 0 Å². The summed E-state index contributed by atoms with van der Waals surface area (Å²) in [6.45, 7) is 3.82. The Morgan fingerprint density at radius 2 is 2.17 bits per heavy atom. The zero-order chi connectivity index (χ0) is 8.88. The number of hydrogen-bond acceptors (Lipinski definition) is 3. The summed E-state index contributed by atoms with van der Waals surface area (Å²) in [4.78, 5) is 11.5. The van der Waals surface area contributed by atoms with Crippen LogP contribution in [0.5, 0.6) is 0 Å². The molecule has 3 heterocycles. The minimum absolute atomic E-state index is 0.00366. The smallest absolute Gasteiger partial charge is 0.165 e. The molecule has 3 rings (SSSR count). The first kappa shape index (κ1) is 8.51. The molecule has 12 heavy (non-hydrogen) atoms. The van der Waals surface area contributed by atoms with Crippen molar-refractivity contribution in [2.45, 2.75) is 23.0 Å². The van der Waals surface area contributed by atoms with Crippen molar-refractivity contribution in [1.29, 1.82) is 0 Å². The molecule has 66 valence electrons. The van der Waals surface area contributed by atoms with Crippen LogP contribution >= 0.6 is 11.8 Å². The molecule has 0 N–H and O–H groups in total. The summed E-state index contributed by atoms with van der Waals surface area (Å²) < 4.78 is 11.3. The second-order valence-corrected chi connectivity index (χ2v) is 6.45. The van der Waals surface area contributed by atoms with Crippen molar-refractivity contribution in [3.05, 3.63) is 11.6 Å². The topological polar surface area (TPSA) is 34.1 Å². The van der Waals surface area contributed by atoms with Crippen LogP contribution in [0.25, 0.3) is 0 Å². The highest BCUT2D eigenvalue weighted by molar-refractivity contribution is 8.28. The third-order valence-electron chi connectivity index (χ3n) is 2.43. The SMILES string of the molecule is C/C=C1/C(C)C(=O)[C@@H]2S[C@H]1[S@@]2=O. The zero-order valence-electron chi connectivity index (χ0n) is 6.94. The van der Waals surface area contributed by atoms with Gasteiger partial charge in [-0.2, -0.15) is 0 Å². The zero-order valence-corrected chi connectivity index (χ0v) is 8.58. The lowest BCUT2D eigenvalue weighted by molar-refractivity contribution is -0.119. The molecule has 3 aliphatic heterocycles. The summed E-state index contributed by atoms with van der Waals surface area (Å²) in [5, 5.41) is 0. The second-order valence-electron chi connectivity index (χ2n) is 3.04. The van der Waals surface area contributed by atoms with E-state index in [1.165, 1.54) is 0 Å². The van der Waals surface area contributed by atoms with E-state index >= 15 is 0 Å². The number of allylic oxidation sites excluding steroid dienone is 1. The number of fused-ring (bicyclic) bond motifs is 2. The molecular formula is C8H10O2S2. The Bertz CT molecular complexity index is 291. The fraction of sp³-hybridized carbons (Fsp3) is 0.625. The Hall–Kier alpha value is -0.0900. The first-order chi connectivity index (χ1) is 5.66. The molecular weight excluding hydrogens is 192 g/mol. The molecule has 0 saturated carbocycles. The minimum Gasteiger partial charge on any atom is -0.297 e. The average molecular weight is 202 g/mol. The van der Waals surface area contributed by atoms with Gasteiger partial charge in [0.1, 0.15) is 9.16 Å². The van der Waals surface area contributed by atoms with Crippen LogP contribution in [0.4, 0.5) is 0 Å². The summed E-state index contributed by atoms with van der Waals surface area (Å²) in [5.41, 5.74) is 1.06. The monoisotopic (exact) mass is 202 g/mol. The third kappa shape index (κ3) is 0.879. The van der Waals surface area contributed by atoms with Crippen LogP contribution in [-0.2, 0) is 15.6 Å². The van der Waals surface area contributed by atoms with E-state index in [0.29, 0.717) is 0 Å². The van der Waals surface area contributed by atoms with Crippen LogP contribution in [0.2, 0.25) is 0 Å². The maximum absolute atomic E-state index is 11.5. The molecule has 0 amide bonds. The molecule has 0 aromatic carbocycles. The van der Waals surface area contributed by atoms with Gasteiger partial charge in [-0.3, -0.25) is 9.00 Å². The Labute approximate surface area is 78.3 Å². The predicted octanol–water partition coefficient (Wildman–Crippen LogP) is 1.30. The largest absolute Gasteiger partial charge is 0.297 e. The normalized spacial score (nSPS) is 49.2. The van der Waals surface area contributed by atoms with Gasteiger partial charge in [0, 0.05) is 5.92 Å². The van der Waals surface area contributed by atoms with Gasteiger partial charge in [0.2, 0.25) is 0 Å². The average Bonchev–Trinajstić information content (AvgIpc) is 2.07. The van der Waals surface area contributed by atoms with E-state index in [0.717, 1.165) is 5.57 Å². The van der Waals surface area contributed by atoms with E-state index in [-0.39, 0.29) is 20.9 Å². The number of hydrogen-bond donors (Lipinski definition) is 0. The van der Waals surface area contributed by atoms with Crippen LogP contribution in [0, 0.1) is 5.92 Å². The molecule has 3 saturated heterocycles. The molecule has 0 aliphatic carbocycles. The Balaban J connectivity index is 2.38. The quantitative estimate of drug-likeness (QED) is 0.555. The van der Waals surface area contributed by atoms with Crippen LogP contribution in [0.3, 0.4) is 0 Å². The van der Waals surface area contributed by atoms with Crippen LogP contribution in [0.15, 0.2) is 11.6 Å². The second kappa shape index (κ2) is 2.70. The van der Waals surface area contributed by atoms with Crippen molar-refractivity contribution >= 4 is 28.3 Å².